The minimum Gasteiger partial charge on any atom is -0.396 e. The van der Waals surface area contributed by atoms with Crippen molar-refractivity contribution >= 4 is 17.2 Å². The number of thiazole rings is 1. The van der Waals surface area contributed by atoms with Gasteiger partial charge in [-0.1, -0.05) is 0 Å². The van der Waals surface area contributed by atoms with E-state index in [0.29, 0.717) is 13.1 Å². The lowest BCUT2D eigenvalue weighted by atomic mass is 10.0. The molecule has 0 radical (unpaired) electrons. The van der Waals surface area contributed by atoms with Gasteiger partial charge in [0.2, 0.25) is 0 Å². The maximum Gasteiger partial charge on any atom is 0.265 e. The molecule has 1 N–H and O–H groups in total. The second-order valence-corrected chi connectivity index (χ2v) is 4.38. The van der Waals surface area contributed by atoms with E-state index in [2.05, 4.69) is 4.98 Å². The first-order chi connectivity index (χ1) is 6.72. The normalized spacial score (nSPS) is 16.9. The number of hydrogen-bond donors (Lipinski definition) is 1. The highest BCUT2D eigenvalue weighted by molar-refractivity contribution is 7.11. The summed E-state index contributed by atoms with van der Waals surface area (Å²) in [4.78, 5) is 18.3. The van der Waals surface area contributed by atoms with Gasteiger partial charge < -0.3 is 10.0 Å². The summed E-state index contributed by atoms with van der Waals surface area (Å²) in [6.45, 7) is 3.36. The van der Waals surface area contributed by atoms with E-state index >= 15 is 0 Å². The lowest BCUT2D eigenvalue weighted by Gasteiger charge is -2.37. The molecule has 2 rings (SSSR count). The Morgan fingerprint density at radius 3 is 3.00 bits per heavy atom. The number of aliphatic hydroxyl groups is 1. The third-order valence-electron chi connectivity index (χ3n) is 2.44. The Labute approximate surface area is 86.2 Å². The molecule has 1 amide bonds. The van der Waals surface area contributed by atoms with Crippen LogP contribution in [0.25, 0.3) is 0 Å². The van der Waals surface area contributed by atoms with E-state index in [-0.39, 0.29) is 18.4 Å². The van der Waals surface area contributed by atoms with Gasteiger partial charge in [-0.05, 0) is 6.92 Å². The first kappa shape index (κ1) is 9.61. The predicted octanol–water partition coefficient (Wildman–Crippen LogP) is 0.516. The molecule has 1 aromatic heterocycles. The quantitative estimate of drug-likeness (QED) is 0.777. The highest BCUT2D eigenvalue weighted by Crippen LogP contribution is 2.21. The molecule has 76 valence electrons. The zero-order chi connectivity index (χ0) is 10.1. The molecule has 5 heteroatoms. The van der Waals surface area contributed by atoms with Crippen molar-refractivity contribution in [2.45, 2.75) is 6.92 Å². The molecule has 1 aliphatic heterocycles. The van der Waals surface area contributed by atoms with Crippen LogP contribution in [0.4, 0.5) is 0 Å². The van der Waals surface area contributed by atoms with Gasteiger partial charge in [0.25, 0.3) is 5.91 Å². The fourth-order valence-corrected chi connectivity index (χ4v) is 2.27. The number of amides is 1. The Kier molecular flexibility index (Phi) is 2.52. The van der Waals surface area contributed by atoms with Gasteiger partial charge in [-0.15, -0.1) is 11.3 Å². The van der Waals surface area contributed by atoms with E-state index in [0.717, 1.165) is 10.6 Å². The van der Waals surface area contributed by atoms with Gasteiger partial charge in [0, 0.05) is 25.6 Å². The average molecular weight is 212 g/mol. The molecule has 0 saturated carbocycles. The molecular formula is C9H12N2O2S. The number of carbonyl (C=O) groups excluding carboxylic acids is 1. The van der Waals surface area contributed by atoms with Gasteiger partial charge in [0.15, 0.2) is 0 Å². The molecule has 0 aliphatic carbocycles. The molecule has 0 bridgehead atoms. The molecule has 1 saturated heterocycles. The van der Waals surface area contributed by atoms with E-state index in [1.807, 2.05) is 6.92 Å². The first-order valence-electron chi connectivity index (χ1n) is 4.52. The van der Waals surface area contributed by atoms with Gasteiger partial charge >= 0.3 is 0 Å². The summed E-state index contributed by atoms with van der Waals surface area (Å²) in [5.74, 6) is 0.321. The number of aromatic nitrogens is 1. The van der Waals surface area contributed by atoms with Gasteiger partial charge in [0.05, 0.1) is 11.2 Å². The van der Waals surface area contributed by atoms with E-state index in [1.165, 1.54) is 11.3 Å². The maximum atomic E-state index is 11.8. The van der Waals surface area contributed by atoms with Crippen LogP contribution in [0.3, 0.4) is 0 Å². The summed E-state index contributed by atoms with van der Waals surface area (Å²) in [5.41, 5.74) is 2.48. The lowest BCUT2D eigenvalue weighted by molar-refractivity contribution is 0.0365. The van der Waals surface area contributed by atoms with E-state index in [4.69, 9.17) is 5.11 Å². The molecule has 1 aromatic rings. The topological polar surface area (TPSA) is 53.4 Å². The van der Waals surface area contributed by atoms with Crippen LogP contribution in [-0.2, 0) is 0 Å². The fraction of sp³-hybridized carbons (Fsp3) is 0.556. The van der Waals surface area contributed by atoms with Crippen LogP contribution in [0.15, 0.2) is 5.51 Å². The number of likely N-dealkylation sites (tertiary alicyclic amines) is 1. The predicted molar refractivity (Wildman–Crippen MR) is 53.3 cm³/mol. The molecule has 0 spiro atoms. The Morgan fingerprint density at radius 1 is 1.79 bits per heavy atom. The van der Waals surface area contributed by atoms with Crippen molar-refractivity contribution in [2.24, 2.45) is 5.92 Å². The van der Waals surface area contributed by atoms with Gasteiger partial charge in [-0.3, -0.25) is 4.79 Å². The largest absolute Gasteiger partial charge is 0.396 e. The smallest absolute Gasteiger partial charge is 0.265 e. The Balaban J connectivity index is 2.01. The van der Waals surface area contributed by atoms with Crippen molar-refractivity contribution in [3.8, 4) is 0 Å². The first-order valence-corrected chi connectivity index (χ1v) is 5.40. The molecule has 2 heterocycles. The minimum absolute atomic E-state index is 0.0506. The van der Waals surface area contributed by atoms with Crippen LogP contribution in [0.5, 0.6) is 0 Å². The second kappa shape index (κ2) is 3.67. The Hall–Kier alpha value is -0.940. The van der Waals surface area contributed by atoms with E-state index in [1.54, 1.807) is 10.4 Å². The number of nitrogens with zero attached hydrogens (tertiary/aromatic N) is 2. The van der Waals surface area contributed by atoms with Crippen molar-refractivity contribution in [2.75, 3.05) is 19.7 Å². The molecule has 14 heavy (non-hydrogen) atoms. The highest BCUT2D eigenvalue weighted by Gasteiger charge is 2.31. The summed E-state index contributed by atoms with van der Waals surface area (Å²) in [5, 5.41) is 8.82. The van der Waals surface area contributed by atoms with E-state index < -0.39 is 0 Å². The van der Waals surface area contributed by atoms with Crippen LogP contribution in [-0.4, -0.2) is 40.6 Å². The van der Waals surface area contributed by atoms with Gasteiger partial charge in [-0.2, -0.15) is 0 Å². The third-order valence-corrected chi connectivity index (χ3v) is 3.36. The summed E-state index contributed by atoms with van der Waals surface area (Å²) < 4.78 is 0. The zero-order valence-electron chi connectivity index (χ0n) is 7.93. The number of carbonyl (C=O) groups is 1. The number of aliphatic hydroxyl groups excluding tert-OH is 1. The zero-order valence-corrected chi connectivity index (χ0v) is 8.75. The Bertz CT molecular complexity index is 344. The molecular weight excluding hydrogens is 200 g/mol. The summed E-state index contributed by atoms with van der Waals surface area (Å²) >= 11 is 1.38. The summed E-state index contributed by atoms with van der Waals surface area (Å²) in [7, 11) is 0. The maximum absolute atomic E-state index is 11.8. The molecule has 1 fully saturated rings. The number of hydrogen-bond acceptors (Lipinski definition) is 4. The van der Waals surface area contributed by atoms with Crippen LogP contribution in [0, 0.1) is 12.8 Å². The monoisotopic (exact) mass is 212 g/mol. The number of aryl methyl sites for hydroxylation is 1. The minimum atomic E-state index is 0.0506. The van der Waals surface area contributed by atoms with Crippen molar-refractivity contribution in [3.05, 3.63) is 16.1 Å². The van der Waals surface area contributed by atoms with Crippen molar-refractivity contribution < 1.29 is 9.90 Å². The lowest BCUT2D eigenvalue weighted by Crippen LogP contribution is -2.51. The van der Waals surface area contributed by atoms with Crippen LogP contribution in [0.2, 0.25) is 0 Å². The van der Waals surface area contributed by atoms with Crippen molar-refractivity contribution in [1.29, 1.82) is 0 Å². The standard InChI is InChI=1S/C9H12N2O2S/c1-6-8(14-5-10-6)9(13)11-2-7(3-11)4-12/h5,7,12H,2-4H2,1H3. The van der Waals surface area contributed by atoms with Crippen molar-refractivity contribution in [1.82, 2.24) is 9.88 Å². The molecule has 0 aromatic carbocycles. The van der Waals surface area contributed by atoms with Crippen LogP contribution < -0.4 is 0 Å². The van der Waals surface area contributed by atoms with Gasteiger partial charge in [-0.25, -0.2) is 4.98 Å². The molecule has 1 aliphatic rings. The summed E-state index contributed by atoms with van der Waals surface area (Å²) in [6, 6.07) is 0. The van der Waals surface area contributed by atoms with E-state index in [9.17, 15) is 4.79 Å². The average Bonchev–Trinajstić information content (AvgIpc) is 2.49. The molecule has 0 unspecified atom stereocenters. The Morgan fingerprint density at radius 2 is 2.50 bits per heavy atom. The third kappa shape index (κ3) is 1.53. The molecule has 0 atom stereocenters. The number of rotatable bonds is 2. The van der Waals surface area contributed by atoms with Crippen molar-refractivity contribution in [3.63, 3.8) is 0 Å². The van der Waals surface area contributed by atoms with Gasteiger partial charge in [0.1, 0.15) is 4.88 Å². The summed E-state index contributed by atoms with van der Waals surface area (Å²) in [6.07, 6.45) is 0. The SMILES string of the molecule is Cc1ncsc1C(=O)N1CC(CO)C1. The van der Waals surface area contributed by atoms with Crippen LogP contribution >= 0.6 is 11.3 Å². The fourth-order valence-electron chi connectivity index (χ4n) is 1.50. The molecule has 4 nitrogen and oxygen atoms in total. The van der Waals surface area contributed by atoms with Crippen LogP contribution in [0.1, 0.15) is 15.4 Å². The second-order valence-electron chi connectivity index (χ2n) is 3.53. The highest BCUT2D eigenvalue weighted by atomic mass is 32.1.